The molecule has 0 radical (unpaired) electrons. The van der Waals surface area contributed by atoms with Crippen molar-refractivity contribution >= 4 is 11.9 Å². The third kappa shape index (κ3) is 5.90. The molecule has 2 atom stereocenters. The lowest BCUT2D eigenvalue weighted by molar-refractivity contribution is -0.137. The van der Waals surface area contributed by atoms with Crippen LogP contribution in [-0.4, -0.2) is 36.6 Å². The maximum atomic E-state index is 11.9. The minimum atomic E-state index is -0.735. The molecule has 0 spiro atoms. The second-order valence-electron chi connectivity index (χ2n) is 5.87. The smallest absolute Gasteiger partial charge is 0.303 e. The normalized spacial score (nSPS) is 18.1. The van der Waals surface area contributed by atoms with Gasteiger partial charge in [-0.2, -0.15) is 0 Å². The van der Waals surface area contributed by atoms with Crippen molar-refractivity contribution in [3.05, 3.63) is 0 Å². The predicted molar refractivity (Wildman–Crippen MR) is 78.4 cm³/mol. The zero-order chi connectivity index (χ0) is 15.0. The minimum Gasteiger partial charge on any atom is -0.481 e. The van der Waals surface area contributed by atoms with Gasteiger partial charge >= 0.3 is 5.97 Å². The maximum Gasteiger partial charge on any atom is 0.303 e. The topological polar surface area (TPSA) is 78.4 Å². The van der Waals surface area contributed by atoms with Gasteiger partial charge < -0.3 is 15.7 Å². The Balaban J connectivity index is 2.21. The molecule has 0 bridgehead atoms. The summed E-state index contributed by atoms with van der Waals surface area (Å²) in [6.45, 7) is 6.62. The Kier molecular flexibility index (Phi) is 7.59. The van der Waals surface area contributed by atoms with Gasteiger partial charge in [0.15, 0.2) is 0 Å². The fourth-order valence-corrected chi connectivity index (χ4v) is 2.61. The molecule has 1 amide bonds. The van der Waals surface area contributed by atoms with Gasteiger partial charge in [0.2, 0.25) is 5.91 Å². The van der Waals surface area contributed by atoms with Gasteiger partial charge in [0, 0.05) is 18.9 Å². The number of carbonyl (C=O) groups excluding carboxylic acids is 1. The van der Waals surface area contributed by atoms with Gasteiger partial charge in [-0.1, -0.05) is 26.7 Å². The molecule has 1 aliphatic heterocycles. The van der Waals surface area contributed by atoms with Crippen LogP contribution in [-0.2, 0) is 9.59 Å². The van der Waals surface area contributed by atoms with Gasteiger partial charge in [0.25, 0.3) is 0 Å². The molecule has 1 aliphatic rings. The molecule has 1 fully saturated rings. The zero-order valence-corrected chi connectivity index (χ0v) is 12.7. The number of carboxylic acid groups (broad SMARTS) is 1. The van der Waals surface area contributed by atoms with E-state index in [0.717, 1.165) is 32.4 Å². The van der Waals surface area contributed by atoms with E-state index in [1.54, 1.807) is 0 Å². The van der Waals surface area contributed by atoms with Crippen LogP contribution in [0.1, 0.15) is 46.0 Å². The molecule has 1 heterocycles. The summed E-state index contributed by atoms with van der Waals surface area (Å²) in [6.07, 6.45) is 3.90. The van der Waals surface area contributed by atoms with Crippen LogP contribution in [0.5, 0.6) is 0 Å². The summed E-state index contributed by atoms with van der Waals surface area (Å²) in [5.41, 5.74) is 0. The average Bonchev–Trinajstić information content (AvgIpc) is 2.33. The molecule has 5 heteroatoms. The second-order valence-corrected chi connectivity index (χ2v) is 5.87. The third-order valence-electron chi connectivity index (χ3n) is 4.25. The summed E-state index contributed by atoms with van der Waals surface area (Å²) < 4.78 is 0. The van der Waals surface area contributed by atoms with E-state index in [1.165, 1.54) is 0 Å². The number of hydrogen-bond donors (Lipinski definition) is 3. The van der Waals surface area contributed by atoms with Crippen molar-refractivity contribution in [3.8, 4) is 0 Å². The highest BCUT2D eigenvalue weighted by molar-refractivity contribution is 5.78. The minimum absolute atomic E-state index is 0.0693. The molecule has 5 nitrogen and oxygen atoms in total. The van der Waals surface area contributed by atoms with Crippen LogP contribution in [0.25, 0.3) is 0 Å². The molecule has 1 rings (SSSR count). The number of aliphatic carboxylic acids is 1. The van der Waals surface area contributed by atoms with Gasteiger partial charge in [0.05, 0.1) is 0 Å². The first-order valence-electron chi connectivity index (χ1n) is 7.74. The van der Waals surface area contributed by atoms with Gasteiger partial charge in [-0.3, -0.25) is 9.59 Å². The molecule has 3 N–H and O–H groups in total. The first-order valence-corrected chi connectivity index (χ1v) is 7.74. The SMILES string of the molecule is CCCC(CCNC(=O)C(C)C1CNC1)CCC(=O)O. The fourth-order valence-electron chi connectivity index (χ4n) is 2.61. The average molecular weight is 284 g/mol. The van der Waals surface area contributed by atoms with Crippen molar-refractivity contribution in [3.63, 3.8) is 0 Å². The lowest BCUT2D eigenvalue weighted by atomic mass is 9.88. The Morgan fingerprint density at radius 1 is 1.30 bits per heavy atom. The summed E-state index contributed by atoms with van der Waals surface area (Å²) >= 11 is 0. The summed E-state index contributed by atoms with van der Waals surface area (Å²) in [7, 11) is 0. The highest BCUT2D eigenvalue weighted by Crippen LogP contribution is 2.18. The molecule has 0 aromatic heterocycles. The molecule has 0 saturated carbocycles. The largest absolute Gasteiger partial charge is 0.481 e. The van der Waals surface area contributed by atoms with Crippen LogP contribution >= 0.6 is 0 Å². The molecule has 0 aromatic carbocycles. The number of nitrogens with one attached hydrogen (secondary N) is 2. The van der Waals surface area contributed by atoms with Crippen molar-refractivity contribution in [1.29, 1.82) is 0 Å². The van der Waals surface area contributed by atoms with E-state index in [2.05, 4.69) is 17.6 Å². The second kappa shape index (κ2) is 8.95. The van der Waals surface area contributed by atoms with E-state index in [4.69, 9.17) is 5.11 Å². The molecule has 2 unspecified atom stereocenters. The number of carbonyl (C=O) groups is 2. The van der Waals surface area contributed by atoms with Crippen molar-refractivity contribution < 1.29 is 14.7 Å². The van der Waals surface area contributed by atoms with Crippen LogP contribution in [0.4, 0.5) is 0 Å². The van der Waals surface area contributed by atoms with E-state index in [-0.39, 0.29) is 18.2 Å². The number of amides is 1. The third-order valence-corrected chi connectivity index (χ3v) is 4.25. The van der Waals surface area contributed by atoms with Gasteiger partial charge in [0.1, 0.15) is 0 Å². The monoisotopic (exact) mass is 284 g/mol. The molecule has 0 aliphatic carbocycles. The molecule has 0 aromatic rings. The summed E-state index contributed by atoms with van der Waals surface area (Å²) in [5.74, 6) is 0.330. The standard InChI is InChI=1S/C15H28N2O3/c1-3-4-12(5-6-14(18)19)7-8-17-15(20)11(2)13-9-16-10-13/h11-13,16H,3-10H2,1-2H3,(H,17,20)(H,18,19). The van der Waals surface area contributed by atoms with Gasteiger partial charge in [-0.05, 0) is 37.8 Å². The van der Waals surface area contributed by atoms with E-state index in [9.17, 15) is 9.59 Å². The first-order chi connectivity index (χ1) is 9.54. The summed E-state index contributed by atoms with van der Waals surface area (Å²) in [5, 5.41) is 14.9. The van der Waals surface area contributed by atoms with Crippen molar-refractivity contribution in [2.45, 2.75) is 46.0 Å². The Morgan fingerprint density at radius 2 is 2.00 bits per heavy atom. The fraction of sp³-hybridized carbons (Fsp3) is 0.867. The Hall–Kier alpha value is -1.10. The summed E-state index contributed by atoms with van der Waals surface area (Å²) in [6, 6.07) is 0. The highest BCUT2D eigenvalue weighted by Gasteiger charge is 2.28. The van der Waals surface area contributed by atoms with Crippen molar-refractivity contribution in [2.24, 2.45) is 17.8 Å². The van der Waals surface area contributed by atoms with Crippen molar-refractivity contribution in [1.82, 2.24) is 10.6 Å². The Bertz CT molecular complexity index is 316. The lowest BCUT2D eigenvalue weighted by Gasteiger charge is -2.31. The number of rotatable bonds is 10. The van der Waals surface area contributed by atoms with Crippen LogP contribution in [0, 0.1) is 17.8 Å². The molecule has 1 saturated heterocycles. The van der Waals surface area contributed by atoms with Gasteiger partial charge in [-0.25, -0.2) is 0 Å². The molecular formula is C15H28N2O3. The van der Waals surface area contributed by atoms with E-state index in [1.807, 2.05) is 6.92 Å². The Labute approximate surface area is 121 Å². The van der Waals surface area contributed by atoms with Crippen LogP contribution < -0.4 is 10.6 Å². The van der Waals surface area contributed by atoms with Gasteiger partial charge in [-0.15, -0.1) is 0 Å². The zero-order valence-electron chi connectivity index (χ0n) is 12.7. The van der Waals surface area contributed by atoms with E-state index in [0.29, 0.717) is 24.8 Å². The molecule has 20 heavy (non-hydrogen) atoms. The Morgan fingerprint density at radius 3 is 2.50 bits per heavy atom. The molecular weight excluding hydrogens is 256 g/mol. The number of carboxylic acids is 1. The first kappa shape index (κ1) is 17.0. The maximum absolute atomic E-state index is 11.9. The van der Waals surface area contributed by atoms with Crippen LogP contribution in [0.3, 0.4) is 0 Å². The quantitative estimate of drug-likeness (QED) is 0.570. The van der Waals surface area contributed by atoms with Crippen LogP contribution in [0.15, 0.2) is 0 Å². The van der Waals surface area contributed by atoms with E-state index < -0.39 is 5.97 Å². The lowest BCUT2D eigenvalue weighted by Crippen LogP contribution is -2.49. The molecule has 116 valence electrons. The predicted octanol–water partition coefficient (Wildman–Crippen LogP) is 1.63. The summed E-state index contributed by atoms with van der Waals surface area (Å²) in [4.78, 5) is 22.6. The van der Waals surface area contributed by atoms with Crippen LogP contribution in [0.2, 0.25) is 0 Å². The highest BCUT2D eigenvalue weighted by atomic mass is 16.4. The van der Waals surface area contributed by atoms with E-state index >= 15 is 0 Å². The van der Waals surface area contributed by atoms with Crippen molar-refractivity contribution in [2.75, 3.05) is 19.6 Å². The number of hydrogen-bond acceptors (Lipinski definition) is 3.